The lowest BCUT2D eigenvalue weighted by Gasteiger charge is -2.36. The first-order valence-corrected chi connectivity index (χ1v) is 7.11. The monoisotopic (exact) mass is 312 g/mol. The summed E-state index contributed by atoms with van der Waals surface area (Å²) in [5.41, 5.74) is 0.970. The zero-order valence-electron chi connectivity index (χ0n) is 12.9. The van der Waals surface area contributed by atoms with Gasteiger partial charge in [-0.2, -0.15) is 0 Å². The van der Waals surface area contributed by atoms with E-state index in [1.54, 1.807) is 6.20 Å². The number of amides is 1. The molecule has 1 aromatic rings. The Bertz CT molecular complexity index is 447. The number of hydrogen-bond acceptors (Lipinski definition) is 4. The van der Waals surface area contributed by atoms with Crippen molar-refractivity contribution in [1.29, 1.82) is 0 Å². The van der Waals surface area contributed by atoms with Gasteiger partial charge in [-0.1, -0.05) is 6.07 Å². The summed E-state index contributed by atoms with van der Waals surface area (Å²) in [6, 6.07) is 4.22. The van der Waals surface area contributed by atoms with Crippen molar-refractivity contribution in [2.24, 2.45) is 0 Å². The molecule has 0 saturated carbocycles. The summed E-state index contributed by atoms with van der Waals surface area (Å²) in [6.07, 6.45) is 3.66. The van der Waals surface area contributed by atoms with Crippen molar-refractivity contribution in [2.75, 3.05) is 26.2 Å². The lowest BCUT2D eigenvalue weighted by atomic mass is 10.1. The van der Waals surface area contributed by atoms with Gasteiger partial charge in [0.25, 0.3) is 0 Å². The summed E-state index contributed by atoms with van der Waals surface area (Å²) in [5.74, 6) is 0.0771. The molecule has 1 aromatic heterocycles. The van der Waals surface area contributed by atoms with E-state index in [2.05, 4.69) is 26.6 Å². The number of aromatic nitrogens is 1. The van der Waals surface area contributed by atoms with Crippen molar-refractivity contribution in [3.8, 4) is 0 Å². The summed E-state index contributed by atoms with van der Waals surface area (Å²) >= 11 is 0. The van der Waals surface area contributed by atoms with Crippen LogP contribution in [0.1, 0.15) is 32.4 Å². The predicted molar refractivity (Wildman–Crippen MR) is 86.6 cm³/mol. The Hall–Kier alpha value is -1.17. The molecule has 1 aliphatic rings. The molecule has 2 N–H and O–H groups in total. The second kappa shape index (κ2) is 7.73. The van der Waals surface area contributed by atoms with Crippen molar-refractivity contribution in [2.45, 2.75) is 32.4 Å². The Kier molecular flexibility index (Phi) is 6.58. The molecule has 6 heteroatoms. The molecule has 1 atom stereocenters. The third-order valence-corrected chi connectivity index (χ3v) is 3.28. The van der Waals surface area contributed by atoms with Crippen LogP contribution in [0.3, 0.4) is 0 Å². The van der Waals surface area contributed by atoms with Gasteiger partial charge in [-0.25, -0.2) is 0 Å². The third-order valence-electron chi connectivity index (χ3n) is 3.28. The molecule has 21 heavy (non-hydrogen) atoms. The number of rotatable bonds is 3. The molecule has 2 rings (SSSR count). The van der Waals surface area contributed by atoms with Gasteiger partial charge in [-0.15, -0.1) is 12.4 Å². The molecule has 1 amide bonds. The number of carbonyl (C=O) groups is 1. The summed E-state index contributed by atoms with van der Waals surface area (Å²) in [7, 11) is 0. The van der Waals surface area contributed by atoms with Gasteiger partial charge in [0.1, 0.15) is 0 Å². The minimum absolute atomic E-state index is 0. The number of nitrogens with zero attached hydrogens (tertiary/aromatic N) is 2. The van der Waals surface area contributed by atoms with Crippen LogP contribution in [0.15, 0.2) is 24.5 Å². The highest BCUT2D eigenvalue weighted by Crippen LogP contribution is 2.20. The minimum atomic E-state index is -0.186. The number of pyridine rings is 1. The molecular weight excluding hydrogens is 288 g/mol. The molecule has 0 bridgehead atoms. The smallest absolute Gasteiger partial charge is 0.234 e. The van der Waals surface area contributed by atoms with Gasteiger partial charge in [0.05, 0.1) is 6.54 Å². The van der Waals surface area contributed by atoms with Gasteiger partial charge < -0.3 is 10.6 Å². The van der Waals surface area contributed by atoms with E-state index in [9.17, 15) is 4.79 Å². The summed E-state index contributed by atoms with van der Waals surface area (Å²) in [6.45, 7) is 9.08. The molecule has 1 saturated heterocycles. The highest BCUT2D eigenvalue weighted by atomic mass is 35.5. The SMILES string of the molecule is CC(C)(C)NC(=O)CN1CCNCC1c1cccnc1.Cl. The van der Waals surface area contributed by atoms with Crippen molar-refractivity contribution in [3.05, 3.63) is 30.1 Å². The van der Waals surface area contributed by atoms with Crippen LogP contribution in [-0.4, -0.2) is 47.5 Å². The van der Waals surface area contributed by atoms with Gasteiger partial charge in [-0.05, 0) is 32.4 Å². The fourth-order valence-corrected chi connectivity index (χ4v) is 2.48. The Labute approximate surface area is 132 Å². The van der Waals surface area contributed by atoms with Crippen LogP contribution in [0, 0.1) is 0 Å². The van der Waals surface area contributed by atoms with Crippen LogP contribution in [0.2, 0.25) is 0 Å². The van der Waals surface area contributed by atoms with Gasteiger partial charge in [0, 0.05) is 43.6 Å². The minimum Gasteiger partial charge on any atom is -0.350 e. The Balaban J connectivity index is 0.00000220. The molecule has 0 spiro atoms. The Morgan fingerprint density at radius 1 is 1.52 bits per heavy atom. The number of hydrogen-bond donors (Lipinski definition) is 2. The molecule has 0 aliphatic carbocycles. The van der Waals surface area contributed by atoms with Gasteiger partial charge in [0.2, 0.25) is 5.91 Å². The first-order chi connectivity index (χ1) is 9.46. The van der Waals surface area contributed by atoms with Crippen molar-refractivity contribution in [3.63, 3.8) is 0 Å². The normalized spacial score (nSPS) is 19.7. The molecular formula is C15H25ClN4O. The van der Waals surface area contributed by atoms with Gasteiger partial charge in [0.15, 0.2) is 0 Å². The Morgan fingerprint density at radius 2 is 2.29 bits per heavy atom. The molecule has 2 heterocycles. The number of piperazine rings is 1. The summed E-state index contributed by atoms with van der Waals surface area (Å²) in [4.78, 5) is 18.5. The predicted octanol–water partition coefficient (Wildman–Crippen LogP) is 1.36. The van der Waals surface area contributed by atoms with Crippen molar-refractivity contribution < 1.29 is 4.79 Å². The number of halogens is 1. The fourth-order valence-electron chi connectivity index (χ4n) is 2.48. The van der Waals surface area contributed by atoms with E-state index in [4.69, 9.17) is 0 Å². The van der Waals surface area contributed by atoms with Crippen LogP contribution in [0.4, 0.5) is 0 Å². The average Bonchev–Trinajstić information content (AvgIpc) is 2.38. The molecule has 0 radical (unpaired) electrons. The van der Waals surface area contributed by atoms with Gasteiger partial charge >= 0.3 is 0 Å². The lowest BCUT2D eigenvalue weighted by Crippen LogP contribution is -2.51. The second-order valence-electron chi connectivity index (χ2n) is 6.27. The van der Waals surface area contributed by atoms with E-state index in [1.165, 1.54) is 0 Å². The van der Waals surface area contributed by atoms with Crippen LogP contribution in [0.25, 0.3) is 0 Å². The van der Waals surface area contributed by atoms with E-state index < -0.39 is 0 Å². The van der Waals surface area contributed by atoms with E-state index in [0.717, 1.165) is 25.2 Å². The maximum Gasteiger partial charge on any atom is 0.234 e. The zero-order chi connectivity index (χ0) is 14.6. The van der Waals surface area contributed by atoms with Crippen molar-refractivity contribution >= 4 is 18.3 Å². The standard InChI is InChI=1S/C15H24N4O.ClH/c1-15(2,3)18-14(20)11-19-8-7-17-10-13(19)12-5-4-6-16-9-12;/h4-6,9,13,17H,7-8,10-11H2,1-3H3,(H,18,20);1H. The highest BCUT2D eigenvalue weighted by Gasteiger charge is 2.26. The lowest BCUT2D eigenvalue weighted by molar-refractivity contribution is -0.124. The topological polar surface area (TPSA) is 57.3 Å². The van der Waals surface area contributed by atoms with Gasteiger partial charge in [-0.3, -0.25) is 14.7 Å². The van der Waals surface area contributed by atoms with Crippen LogP contribution in [-0.2, 0) is 4.79 Å². The van der Waals surface area contributed by atoms with E-state index in [1.807, 2.05) is 33.0 Å². The summed E-state index contributed by atoms with van der Waals surface area (Å²) < 4.78 is 0. The molecule has 1 fully saturated rings. The van der Waals surface area contributed by atoms with E-state index in [0.29, 0.717) is 6.54 Å². The average molecular weight is 313 g/mol. The fraction of sp³-hybridized carbons (Fsp3) is 0.600. The largest absolute Gasteiger partial charge is 0.350 e. The number of carbonyl (C=O) groups excluding carboxylic acids is 1. The first kappa shape index (κ1) is 17.9. The Morgan fingerprint density at radius 3 is 2.90 bits per heavy atom. The third kappa shape index (κ3) is 5.61. The first-order valence-electron chi connectivity index (χ1n) is 7.11. The summed E-state index contributed by atoms with van der Waals surface area (Å²) in [5, 5.41) is 6.41. The second-order valence-corrected chi connectivity index (χ2v) is 6.27. The molecule has 1 unspecified atom stereocenters. The molecule has 1 aliphatic heterocycles. The van der Waals surface area contributed by atoms with E-state index in [-0.39, 0.29) is 29.9 Å². The van der Waals surface area contributed by atoms with Crippen LogP contribution >= 0.6 is 12.4 Å². The molecule has 118 valence electrons. The number of nitrogens with one attached hydrogen (secondary N) is 2. The van der Waals surface area contributed by atoms with E-state index >= 15 is 0 Å². The molecule has 0 aromatic carbocycles. The molecule has 5 nitrogen and oxygen atoms in total. The maximum absolute atomic E-state index is 12.1. The van der Waals surface area contributed by atoms with Crippen LogP contribution < -0.4 is 10.6 Å². The van der Waals surface area contributed by atoms with Crippen LogP contribution in [0.5, 0.6) is 0 Å². The van der Waals surface area contributed by atoms with Crippen molar-refractivity contribution in [1.82, 2.24) is 20.5 Å². The maximum atomic E-state index is 12.1. The quantitative estimate of drug-likeness (QED) is 0.885. The highest BCUT2D eigenvalue weighted by molar-refractivity contribution is 5.85. The zero-order valence-corrected chi connectivity index (χ0v) is 13.7.